The van der Waals surface area contributed by atoms with Gasteiger partial charge < -0.3 is 20.4 Å². The molecule has 25 heavy (non-hydrogen) atoms. The van der Waals surface area contributed by atoms with E-state index < -0.39 is 0 Å². The molecule has 5 heteroatoms. The van der Waals surface area contributed by atoms with E-state index in [0.29, 0.717) is 5.11 Å². The number of rotatable bonds is 6. The van der Waals surface area contributed by atoms with Gasteiger partial charge >= 0.3 is 0 Å². The lowest BCUT2D eigenvalue weighted by Gasteiger charge is -2.19. The van der Waals surface area contributed by atoms with E-state index in [1.54, 1.807) is 7.11 Å². The van der Waals surface area contributed by atoms with Crippen molar-refractivity contribution in [3.05, 3.63) is 65.9 Å². The van der Waals surface area contributed by atoms with Crippen LogP contribution in [-0.4, -0.2) is 30.3 Å². The molecule has 0 saturated carbocycles. The number of ether oxygens (including phenoxy) is 1. The highest BCUT2D eigenvalue weighted by molar-refractivity contribution is 7.80. The molecule has 3 rings (SSSR count). The van der Waals surface area contributed by atoms with E-state index in [-0.39, 0.29) is 5.92 Å². The number of nitrogens with one attached hydrogen (secondary N) is 3. The molecule has 0 aliphatic carbocycles. The molecule has 130 valence electrons. The highest BCUT2D eigenvalue weighted by Crippen LogP contribution is 2.31. The van der Waals surface area contributed by atoms with E-state index in [0.717, 1.165) is 24.4 Å². The molecule has 4 nitrogen and oxygen atoms in total. The van der Waals surface area contributed by atoms with Gasteiger partial charge in [-0.1, -0.05) is 30.3 Å². The van der Waals surface area contributed by atoms with Crippen molar-refractivity contribution in [2.24, 2.45) is 0 Å². The fourth-order valence-corrected chi connectivity index (χ4v) is 3.27. The second kappa shape index (κ2) is 8.03. The zero-order chi connectivity index (χ0) is 17.6. The van der Waals surface area contributed by atoms with Gasteiger partial charge in [-0.15, -0.1) is 0 Å². The van der Waals surface area contributed by atoms with Crippen LogP contribution < -0.4 is 15.4 Å². The Labute approximate surface area is 153 Å². The van der Waals surface area contributed by atoms with Crippen LogP contribution in [0.4, 0.5) is 0 Å². The van der Waals surface area contributed by atoms with Crippen LogP contribution in [0.5, 0.6) is 5.75 Å². The van der Waals surface area contributed by atoms with Crippen molar-refractivity contribution in [2.45, 2.75) is 12.8 Å². The van der Waals surface area contributed by atoms with E-state index in [2.05, 4.69) is 52.1 Å². The van der Waals surface area contributed by atoms with Crippen molar-refractivity contribution in [3.63, 3.8) is 0 Å². The van der Waals surface area contributed by atoms with Crippen LogP contribution in [-0.2, 0) is 0 Å². The topological polar surface area (TPSA) is 49.1 Å². The van der Waals surface area contributed by atoms with E-state index in [1.165, 1.54) is 16.5 Å². The summed E-state index contributed by atoms with van der Waals surface area (Å²) in [5.41, 5.74) is 3.62. The van der Waals surface area contributed by atoms with Crippen LogP contribution >= 0.6 is 12.2 Å². The third-order valence-electron chi connectivity index (χ3n) is 4.32. The summed E-state index contributed by atoms with van der Waals surface area (Å²) >= 11 is 5.34. The molecule has 0 amide bonds. The molecule has 1 heterocycles. The van der Waals surface area contributed by atoms with Gasteiger partial charge in [0.05, 0.1) is 7.11 Å². The number of aromatic nitrogens is 1. The van der Waals surface area contributed by atoms with Crippen LogP contribution in [0, 0.1) is 0 Å². The van der Waals surface area contributed by atoms with Gasteiger partial charge in [-0.25, -0.2) is 0 Å². The van der Waals surface area contributed by atoms with Crippen molar-refractivity contribution in [1.82, 2.24) is 15.6 Å². The smallest absolute Gasteiger partial charge is 0.166 e. The lowest BCUT2D eigenvalue weighted by atomic mass is 9.91. The summed E-state index contributed by atoms with van der Waals surface area (Å²) in [6.07, 6.45) is 2.09. The van der Waals surface area contributed by atoms with Gasteiger partial charge in [-0.05, 0) is 48.5 Å². The van der Waals surface area contributed by atoms with Crippen molar-refractivity contribution in [2.75, 3.05) is 20.2 Å². The average Bonchev–Trinajstić information content (AvgIpc) is 3.07. The zero-order valence-electron chi connectivity index (χ0n) is 14.5. The normalized spacial score (nSPS) is 11.9. The summed E-state index contributed by atoms with van der Waals surface area (Å²) in [7, 11) is 1.68. The largest absolute Gasteiger partial charge is 0.497 e. The lowest BCUT2D eigenvalue weighted by Crippen LogP contribution is -2.37. The van der Waals surface area contributed by atoms with Crippen LogP contribution in [0.3, 0.4) is 0 Å². The van der Waals surface area contributed by atoms with Crippen molar-refractivity contribution >= 4 is 28.2 Å². The number of hydrogen-bond acceptors (Lipinski definition) is 2. The second-order valence-electron chi connectivity index (χ2n) is 5.86. The Balaban J connectivity index is 1.94. The number of thiocarbonyl (C=S) groups is 1. The second-order valence-corrected chi connectivity index (χ2v) is 6.26. The predicted molar refractivity (Wildman–Crippen MR) is 107 cm³/mol. The van der Waals surface area contributed by atoms with Gasteiger partial charge in [0.1, 0.15) is 5.75 Å². The molecule has 2 aromatic carbocycles. The minimum Gasteiger partial charge on any atom is -0.497 e. The maximum Gasteiger partial charge on any atom is 0.166 e. The number of aromatic amines is 1. The van der Waals surface area contributed by atoms with Gasteiger partial charge in [0, 0.05) is 36.1 Å². The molecular formula is C20H23N3OS. The molecule has 0 radical (unpaired) electrons. The number of benzene rings is 2. The first-order chi connectivity index (χ1) is 12.2. The maximum absolute atomic E-state index is 5.34. The molecule has 0 bridgehead atoms. The first-order valence-electron chi connectivity index (χ1n) is 8.44. The number of methoxy groups -OCH3 is 1. The first kappa shape index (κ1) is 17.3. The minimum absolute atomic E-state index is 0.179. The molecule has 0 aliphatic rings. The SMILES string of the molecule is CCNC(=S)NC[C@@H](c1ccc(OC)cc1)c1c[nH]c2ccccc12. The van der Waals surface area contributed by atoms with Crippen molar-refractivity contribution in [3.8, 4) is 5.75 Å². The zero-order valence-corrected chi connectivity index (χ0v) is 15.3. The molecular weight excluding hydrogens is 330 g/mol. The third kappa shape index (κ3) is 3.94. The van der Waals surface area contributed by atoms with E-state index in [9.17, 15) is 0 Å². The lowest BCUT2D eigenvalue weighted by molar-refractivity contribution is 0.414. The summed E-state index contributed by atoms with van der Waals surface area (Å²) in [5, 5.41) is 8.40. The molecule has 0 unspecified atom stereocenters. The molecule has 0 saturated heterocycles. The van der Waals surface area contributed by atoms with Gasteiger partial charge in [-0.3, -0.25) is 0 Å². The number of H-pyrrole nitrogens is 1. The van der Waals surface area contributed by atoms with Crippen LogP contribution in [0.25, 0.3) is 10.9 Å². The standard InChI is InChI=1S/C20H23N3OS/c1-3-21-20(25)23-12-17(14-8-10-15(24-2)11-9-14)18-13-22-19-7-5-4-6-16(18)19/h4-11,13,17,22H,3,12H2,1-2H3,(H2,21,23,25)/t17-/m0/s1. The predicted octanol–water partition coefficient (Wildman–Crippen LogP) is 3.79. The highest BCUT2D eigenvalue weighted by atomic mass is 32.1. The quantitative estimate of drug-likeness (QED) is 0.590. The molecule has 3 aromatic rings. The number of para-hydroxylation sites is 1. The van der Waals surface area contributed by atoms with Crippen LogP contribution in [0.2, 0.25) is 0 Å². The van der Waals surface area contributed by atoms with Crippen LogP contribution in [0.15, 0.2) is 54.7 Å². The van der Waals surface area contributed by atoms with Gasteiger partial charge in [0.15, 0.2) is 5.11 Å². The Kier molecular flexibility index (Phi) is 5.56. The summed E-state index contributed by atoms with van der Waals surface area (Å²) in [6, 6.07) is 16.6. The van der Waals surface area contributed by atoms with E-state index in [1.807, 2.05) is 25.1 Å². The Morgan fingerprint density at radius 3 is 2.60 bits per heavy atom. The molecule has 0 spiro atoms. The Hall–Kier alpha value is -2.53. The molecule has 1 aromatic heterocycles. The fraction of sp³-hybridized carbons (Fsp3) is 0.250. The summed E-state index contributed by atoms with van der Waals surface area (Å²) in [6.45, 7) is 3.57. The van der Waals surface area contributed by atoms with Gasteiger partial charge in [-0.2, -0.15) is 0 Å². The fourth-order valence-electron chi connectivity index (χ4n) is 3.04. The average molecular weight is 353 g/mol. The Morgan fingerprint density at radius 2 is 1.88 bits per heavy atom. The molecule has 1 atom stereocenters. The first-order valence-corrected chi connectivity index (χ1v) is 8.85. The summed E-state index contributed by atoms with van der Waals surface area (Å²) in [4.78, 5) is 3.37. The van der Waals surface area contributed by atoms with Gasteiger partial charge in [0.25, 0.3) is 0 Å². The Morgan fingerprint density at radius 1 is 1.12 bits per heavy atom. The highest BCUT2D eigenvalue weighted by Gasteiger charge is 2.18. The summed E-state index contributed by atoms with van der Waals surface area (Å²) < 4.78 is 5.29. The van der Waals surface area contributed by atoms with E-state index >= 15 is 0 Å². The Bertz CT molecular complexity index is 842. The monoisotopic (exact) mass is 353 g/mol. The molecule has 3 N–H and O–H groups in total. The molecule has 0 fully saturated rings. The number of fused-ring (bicyclic) bond motifs is 1. The van der Waals surface area contributed by atoms with E-state index in [4.69, 9.17) is 17.0 Å². The van der Waals surface area contributed by atoms with Crippen molar-refractivity contribution < 1.29 is 4.74 Å². The minimum atomic E-state index is 0.179. The number of hydrogen-bond donors (Lipinski definition) is 3. The van der Waals surface area contributed by atoms with Crippen molar-refractivity contribution in [1.29, 1.82) is 0 Å². The van der Waals surface area contributed by atoms with Gasteiger partial charge in [0.2, 0.25) is 0 Å². The third-order valence-corrected chi connectivity index (χ3v) is 4.61. The summed E-state index contributed by atoms with van der Waals surface area (Å²) in [5.74, 6) is 1.04. The maximum atomic E-state index is 5.34. The van der Waals surface area contributed by atoms with Crippen LogP contribution in [0.1, 0.15) is 24.0 Å². The molecule has 0 aliphatic heterocycles.